The number of ether oxygens (including phenoxy) is 1. The van der Waals surface area contributed by atoms with Crippen LogP contribution in [0.5, 0.6) is 0 Å². The number of urea groups is 1. The van der Waals surface area contributed by atoms with Crippen molar-refractivity contribution < 1.29 is 19.2 Å². The molecule has 0 saturated carbocycles. The van der Waals surface area contributed by atoms with Gasteiger partial charge in [-0.15, -0.1) is 0 Å². The molecule has 0 aromatic rings. The summed E-state index contributed by atoms with van der Waals surface area (Å²) in [5, 5.41) is 0. The lowest BCUT2D eigenvalue weighted by molar-refractivity contribution is -0.187. The molecule has 1 aliphatic heterocycles. The molecule has 0 spiro atoms. The van der Waals surface area contributed by atoms with E-state index in [0.717, 1.165) is 19.3 Å². The quantitative estimate of drug-likeness (QED) is 0.628. The maximum absolute atomic E-state index is 10.8. The molecule has 76 valence electrons. The van der Waals surface area contributed by atoms with E-state index in [9.17, 15) is 4.79 Å². The lowest BCUT2D eigenvalue weighted by Gasteiger charge is -2.21. The smallest absolute Gasteiger partial charge is 0.350 e. The summed E-state index contributed by atoms with van der Waals surface area (Å²) in [7, 11) is 1.34. The number of hydroxylamine groups is 2. The summed E-state index contributed by atoms with van der Waals surface area (Å²) in [5.74, 6) is 0. The second kappa shape index (κ2) is 5.74. The second-order valence-electron chi connectivity index (χ2n) is 2.65. The highest BCUT2D eigenvalue weighted by atomic mass is 16.8. The first-order chi connectivity index (χ1) is 6.33. The Morgan fingerprint density at radius 2 is 2.31 bits per heavy atom. The highest BCUT2D eigenvalue weighted by Crippen LogP contribution is 2.12. The Labute approximate surface area is 76.4 Å². The summed E-state index contributed by atoms with van der Waals surface area (Å²) in [6.45, 7) is 0.679. The third-order valence-electron chi connectivity index (χ3n) is 1.62. The van der Waals surface area contributed by atoms with Gasteiger partial charge in [0.2, 0.25) is 0 Å². The Morgan fingerprint density at radius 3 is 2.92 bits per heavy atom. The Bertz CT molecular complexity index is 159. The van der Waals surface area contributed by atoms with E-state index in [1.165, 1.54) is 7.11 Å². The Kier molecular flexibility index (Phi) is 4.52. The van der Waals surface area contributed by atoms with Gasteiger partial charge in [0.1, 0.15) is 0 Å². The van der Waals surface area contributed by atoms with Gasteiger partial charge in [-0.05, 0) is 12.8 Å². The molecular weight excluding hydrogens is 176 g/mol. The van der Waals surface area contributed by atoms with E-state index in [0.29, 0.717) is 6.61 Å². The maximum Gasteiger partial charge on any atom is 0.362 e. The van der Waals surface area contributed by atoms with E-state index < -0.39 is 6.03 Å². The topological polar surface area (TPSA) is 68.8 Å². The molecule has 1 saturated heterocycles. The average Bonchev–Trinajstić information content (AvgIpc) is 2.17. The molecule has 0 radical (unpaired) electrons. The van der Waals surface area contributed by atoms with Gasteiger partial charge in [-0.3, -0.25) is 4.84 Å². The Morgan fingerprint density at radius 1 is 1.46 bits per heavy atom. The highest BCUT2D eigenvalue weighted by molar-refractivity contribution is 5.71. The average molecular weight is 190 g/mol. The Hall–Kier alpha value is -0.850. The molecule has 13 heavy (non-hydrogen) atoms. The summed E-state index contributed by atoms with van der Waals surface area (Å²) >= 11 is 0. The molecule has 0 aliphatic carbocycles. The number of nitrogens with one attached hydrogen (secondary N) is 2. The number of amides is 2. The highest BCUT2D eigenvalue weighted by Gasteiger charge is 2.15. The van der Waals surface area contributed by atoms with E-state index in [-0.39, 0.29) is 6.29 Å². The predicted octanol–water partition coefficient (Wildman–Crippen LogP) is 0.305. The molecule has 0 bridgehead atoms. The number of rotatable bonds is 3. The molecule has 1 aliphatic rings. The van der Waals surface area contributed by atoms with Crippen molar-refractivity contribution in [2.45, 2.75) is 25.6 Å². The van der Waals surface area contributed by atoms with Gasteiger partial charge >= 0.3 is 6.03 Å². The molecule has 1 atom stereocenters. The van der Waals surface area contributed by atoms with Crippen LogP contribution in [0.4, 0.5) is 4.79 Å². The summed E-state index contributed by atoms with van der Waals surface area (Å²) in [6.07, 6.45) is 2.56. The van der Waals surface area contributed by atoms with Crippen molar-refractivity contribution in [3.8, 4) is 0 Å². The first-order valence-corrected chi connectivity index (χ1v) is 4.19. The van der Waals surface area contributed by atoms with Gasteiger partial charge in [0.25, 0.3) is 0 Å². The van der Waals surface area contributed by atoms with Crippen LogP contribution in [0, 0.1) is 0 Å². The van der Waals surface area contributed by atoms with E-state index in [1.54, 1.807) is 0 Å². The summed E-state index contributed by atoms with van der Waals surface area (Å²) in [4.78, 5) is 20.1. The molecule has 0 aromatic carbocycles. The van der Waals surface area contributed by atoms with E-state index >= 15 is 0 Å². The van der Waals surface area contributed by atoms with E-state index in [2.05, 4.69) is 15.8 Å². The molecule has 0 aromatic heterocycles. The van der Waals surface area contributed by atoms with Gasteiger partial charge in [-0.25, -0.2) is 20.6 Å². The third-order valence-corrected chi connectivity index (χ3v) is 1.62. The predicted molar refractivity (Wildman–Crippen MR) is 43.4 cm³/mol. The number of hydrogen-bond donors (Lipinski definition) is 2. The van der Waals surface area contributed by atoms with Gasteiger partial charge in [0, 0.05) is 13.0 Å². The van der Waals surface area contributed by atoms with Crippen LogP contribution >= 0.6 is 0 Å². The maximum atomic E-state index is 10.8. The fraction of sp³-hybridized carbons (Fsp3) is 0.857. The van der Waals surface area contributed by atoms with Crippen molar-refractivity contribution >= 4 is 6.03 Å². The first-order valence-electron chi connectivity index (χ1n) is 4.19. The fourth-order valence-corrected chi connectivity index (χ4v) is 1.04. The molecule has 2 amide bonds. The van der Waals surface area contributed by atoms with Crippen molar-refractivity contribution in [2.75, 3.05) is 13.7 Å². The van der Waals surface area contributed by atoms with Crippen LogP contribution in [0.2, 0.25) is 0 Å². The monoisotopic (exact) mass is 190 g/mol. The lowest BCUT2D eigenvalue weighted by Crippen LogP contribution is -2.39. The van der Waals surface area contributed by atoms with Crippen molar-refractivity contribution in [1.29, 1.82) is 0 Å². The van der Waals surface area contributed by atoms with Crippen molar-refractivity contribution in [3.05, 3.63) is 0 Å². The summed E-state index contributed by atoms with van der Waals surface area (Å²) in [5.41, 5.74) is 4.21. The second-order valence-corrected chi connectivity index (χ2v) is 2.65. The van der Waals surface area contributed by atoms with Gasteiger partial charge in [-0.2, -0.15) is 0 Å². The first kappa shape index (κ1) is 10.2. The Balaban J connectivity index is 2.06. The minimum Gasteiger partial charge on any atom is -0.350 e. The zero-order valence-electron chi connectivity index (χ0n) is 7.54. The summed E-state index contributed by atoms with van der Waals surface area (Å²) < 4.78 is 5.20. The molecule has 1 rings (SSSR count). The zero-order valence-corrected chi connectivity index (χ0v) is 7.54. The molecule has 6 nitrogen and oxygen atoms in total. The van der Waals surface area contributed by atoms with Crippen molar-refractivity contribution in [3.63, 3.8) is 0 Å². The van der Waals surface area contributed by atoms with Gasteiger partial charge in [0.05, 0.1) is 7.11 Å². The largest absolute Gasteiger partial charge is 0.362 e. The fourth-order valence-electron chi connectivity index (χ4n) is 1.04. The van der Waals surface area contributed by atoms with Crippen LogP contribution in [-0.4, -0.2) is 26.0 Å². The number of hydrogen-bond acceptors (Lipinski definition) is 4. The van der Waals surface area contributed by atoms with Gasteiger partial charge in [0.15, 0.2) is 6.29 Å². The van der Waals surface area contributed by atoms with Gasteiger partial charge < -0.3 is 4.74 Å². The molecule has 2 N–H and O–H groups in total. The molecular formula is C7H14N2O4. The standard InChI is InChI=1S/C7H14N2O4/c1-11-8-7(10)9-13-6-4-2-3-5-12-6/h6H,2-5H2,1H3,(H2,8,9,10). The van der Waals surface area contributed by atoms with Crippen LogP contribution in [0.25, 0.3) is 0 Å². The van der Waals surface area contributed by atoms with E-state index in [4.69, 9.17) is 9.57 Å². The van der Waals surface area contributed by atoms with Crippen LogP contribution in [0.1, 0.15) is 19.3 Å². The minimum atomic E-state index is -0.545. The van der Waals surface area contributed by atoms with Crippen LogP contribution in [0.3, 0.4) is 0 Å². The third kappa shape index (κ3) is 4.07. The molecule has 1 fully saturated rings. The lowest BCUT2D eigenvalue weighted by atomic mass is 10.2. The van der Waals surface area contributed by atoms with Crippen LogP contribution < -0.4 is 11.0 Å². The SMILES string of the molecule is CONC(=O)NOC1CCCCO1. The van der Waals surface area contributed by atoms with Crippen LogP contribution in [-0.2, 0) is 14.4 Å². The number of carbonyl (C=O) groups is 1. The molecule has 1 unspecified atom stereocenters. The van der Waals surface area contributed by atoms with Crippen molar-refractivity contribution in [2.24, 2.45) is 0 Å². The van der Waals surface area contributed by atoms with Gasteiger partial charge in [-0.1, -0.05) is 0 Å². The van der Waals surface area contributed by atoms with Crippen LogP contribution in [0.15, 0.2) is 0 Å². The molecule has 6 heteroatoms. The molecule has 1 heterocycles. The normalized spacial score (nSPS) is 22.4. The van der Waals surface area contributed by atoms with E-state index in [1.807, 2.05) is 0 Å². The zero-order chi connectivity index (χ0) is 9.52. The van der Waals surface area contributed by atoms with Crippen molar-refractivity contribution in [1.82, 2.24) is 11.0 Å². The minimum absolute atomic E-state index is 0.337. The summed E-state index contributed by atoms with van der Waals surface area (Å²) in [6, 6.07) is -0.545. The number of carbonyl (C=O) groups excluding carboxylic acids is 1.